The van der Waals surface area contributed by atoms with Crippen molar-refractivity contribution < 1.29 is 14.7 Å². The molecule has 0 fully saturated rings. The molecule has 4 nitrogen and oxygen atoms in total. The Balaban J connectivity index is 1.74. The first-order valence-electron chi connectivity index (χ1n) is 8.42. The van der Waals surface area contributed by atoms with Crippen LogP contribution < -0.4 is 10.8 Å². The Bertz CT molecular complexity index is 892. The van der Waals surface area contributed by atoms with Crippen molar-refractivity contribution in [2.75, 3.05) is 16.8 Å². The summed E-state index contributed by atoms with van der Waals surface area (Å²) in [5.74, 6) is -0.676. The SMILES string of the molecule is [B]c1cc(NC(=O)C2=C(C(=O)O)CSC2)cc(Br)c1CCc1ccccc1. The molecule has 7 heteroatoms. The zero-order valence-electron chi connectivity index (χ0n) is 14.5. The molecular formula is C20H17BBrNO3S. The molecule has 1 aliphatic rings. The van der Waals surface area contributed by atoms with Crippen molar-refractivity contribution in [3.05, 3.63) is 69.2 Å². The zero-order chi connectivity index (χ0) is 19.4. The van der Waals surface area contributed by atoms with E-state index in [-0.39, 0.29) is 11.5 Å². The third kappa shape index (κ3) is 4.84. The molecule has 0 aromatic heterocycles. The number of aryl methyl sites for hydroxylation is 1. The van der Waals surface area contributed by atoms with Crippen LogP contribution in [0.2, 0.25) is 0 Å². The molecule has 0 aliphatic carbocycles. The third-order valence-electron chi connectivity index (χ3n) is 4.38. The first-order chi connectivity index (χ1) is 13.0. The Hall–Kier alpha value is -1.99. The highest BCUT2D eigenvalue weighted by molar-refractivity contribution is 9.10. The molecule has 136 valence electrons. The fourth-order valence-corrected chi connectivity index (χ4v) is 4.72. The normalized spacial score (nSPS) is 13.7. The van der Waals surface area contributed by atoms with Gasteiger partial charge in [0.05, 0.1) is 5.57 Å². The van der Waals surface area contributed by atoms with Crippen molar-refractivity contribution >= 4 is 58.6 Å². The van der Waals surface area contributed by atoms with Crippen molar-refractivity contribution in [2.45, 2.75) is 12.8 Å². The van der Waals surface area contributed by atoms with Crippen LogP contribution in [-0.2, 0) is 22.4 Å². The Labute approximate surface area is 172 Å². The lowest BCUT2D eigenvalue weighted by molar-refractivity contribution is -0.132. The maximum absolute atomic E-state index is 12.4. The van der Waals surface area contributed by atoms with E-state index in [0.717, 1.165) is 22.9 Å². The van der Waals surface area contributed by atoms with E-state index >= 15 is 0 Å². The van der Waals surface area contributed by atoms with Gasteiger partial charge in [-0.1, -0.05) is 51.7 Å². The number of halogens is 1. The highest BCUT2D eigenvalue weighted by Crippen LogP contribution is 2.27. The average Bonchev–Trinajstić information content (AvgIpc) is 3.12. The molecule has 0 atom stereocenters. The molecule has 3 rings (SSSR count). The number of thioether (sulfide) groups is 1. The van der Waals surface area contributed by atoms with Gasteiger partial charge in [0, 0.05) is 27.2 Å². The van der Waals surface area contributed by atoms with Crippen LogP contribution in [0.15, 0.2) is 58.1 Å². The van der Waals surface area contributed by atoms with Gasteiger partial charge < -0.3 is 10.4 Å². The second-order valence-electron chi connectivity index (χ2n) is 6.22. The number of carbonyl (C=O) groups excluding carboxylic acids is 1. The topological polar surface area (TPSA) is 66.4 Å². The number of hydrogen-bond acceptors (Lipinski definition) is 3. The van der Waals surface area contributed by atoms with Gasteiger partial charge in [-0.25, -0.2) is 4.79 Å². The molecule has 1 aliphatic heterocycles. The van der Waals surface area contributed by atoms with Crippen molar-refractivity contribution in [1.29, 1.82) is 0 Å². The fraction of sp³-hybridized carbons (Fsp3) is 0.200. The van der Waals surface area contributed by atoms with Crippen LogP contribution >= 0.6 is 27.7 Å². The Morgan fingerprint density at radius 2 is 1.81 bits per heavy atom. The predicted molar refractivity (Wildman–Crippen MR) is 114 cm³/mol. The van der Waals surface area contributed by atoms with Crippen LogP contribution in [0.3, 0.4) is 0 Å². The second kappa shape index (κ2) is 8.80. The molecule has 0 spiro atoms. The lowest BCUT2D eigenvalue weighted by atomic mass is 9.87. The number of anilines is 1. The number of aliphatic carboxylic acids is 1. The standard InChI is InChI=1S/C20H17BBrNO3S/c21-17-8-13(23-19(24)15-10-27-11-16(15)20(25)26)9-18(22)14(17)7-6-12-4-2-1-3-5-12/h1-5,8-9H,6-7,10-11H2,(H,23,24)(H,25,26). The Morgan fingerprint density at radius 1 is 1.11 bits per heavy atom. The van der Waals surface area contributed by atoms with Gasteiger partial charge in [0.15, 0.2) is 0 Å². The number of hydrogen-bond donors (Lipinski definition) is 2. The van der Waals surface area contributed by atoms with E-state index in [1.807, 2.05) is 18.2 Å². The molecule has 1 amide bonds. The van der Waals surface area contributed by atoms with E-state index in [2.05, 4.69) is 33.4 Å². The van der Waals surface area contributed by atoms with Crippen LogP contribution in [0.4, 0.5) is 5.69 Å². The minimum Gasteiger partial charge on any atom is -0.478 e. The van der Waals surface area contributed by atoms with Crippen molar-refractivity contribution in [2.24, 2.45) is 0 Å². The monoisotopic (exact) mass is 441 g/mol. The molecule has 2 radical (unpaired) electrons. The van der Waals surface area contributed by atoms with Gasteiger partial charge >= 0.3 is 5.97 Å². The van der Waals surface area contributed by atoms with Crippen molar-refractivity contribution in [3.63, 3.8) is 0 Å². The van der Waals surface area contributed by atoms with Crippen LogP contribution in [0.5, 0.6) is 0 Å². The summed E-state index contributed by atoms with van der Waals surface area (Å²) in [6.07, 6.45) is 1.64. The quantitative estimate of drug-likeness (QED) is 0.676. The van der Waals surface area contributed by atoms with Gasteiger partial charge in [0.2, 0.25) is 0 Å². The largest absolute Gasteiger partial charge is 0.478 e. The summed E-state index contributed by atoms with van der Waals surface area (Å²) in [5.41, 5.74) is 3.83. The summed E-state index contributed by atoms with van der Waals surface area (Å²) in [6, 6.07) is 13.7. The van der Waals surface area contributed by atoms with Crippen LogP contribution in [0.1, 0.15) is 11.1 Å². The minimum atomic E-state index is -1.04. The van der Waals surface area contributed by atoms with Gasteiger partial charge in [-0.05, 0) is 36.1 Å². The number of benzene rings is 2. The molecule has 2 aromatic rings. The number of nitrogens with one attached hydrogen (secondary N) is 1. The van der Waals surface area contributed by atoms with Gasteiger partial charge in [0.25, 0.3) is 5.91 Å². The number of rotatable bonds is 6. The maximum Gasteiger partial charge on any atom is 0.332 e. The van der Waals surface area contributed by atoms with E-state index < -0.39 is 5.97 Å². The van der Waals surface area contributed by atoms with E-state index in [4.69, 9.17) is 7.85 Å². The van der Waals surface area contributed by atoms with Crippen LogP contribution in [0.25, 0.3) is 0 Å². The number of amides is 1. The van der Waals surface area contributed by atoms with Crippen LogP contribution in [0, 0.1) is 0 Å². The molecule has 0 saturated carbocycles. The molecule has 1 heterocycles. The lowest BCUT2D eigenvalue weighted by Crippen LogP contribution is -2.20. The van der Waals surface area contributed by atoms with E-state index in [1.165, 1.54) is 17.3 Å². The molecule has 0 saturated heterocycles. The maximum atomic E-state index is 12.4. The van der Waals surface area contributed by atoms with Crippen molar-refractivity contribution in [1.82, 2.24) is 0 Å². The summed E-state index contributed by atoms with van der Waals surface area (Å²) < 4.78 is 0.821. The lowest BCUT2D eigenvalue weighted by Gasteiger charge is -2.14. The minimum absolute atomic E-state index is 0.170. The van der Waals surface area contributed by atoms with Gasteiger partial charge in [-0.2, -0.15) is 11.8 Å². The second-order valence-corrected chi connectivity index (χ2v) is 8.06. The van der Waals surface area contributed by atoms with E-state index in [9.17, 15) is 14.7 Å². The fourth-order valence-electron chi connectivity index (χ4n) is 2.94. The number of carbonyl (C=O) groups is 2. The summed E-state index contributed by atoms with van der Waals surface area (Å²) in [7, 11) is 6.20. The summed E-state index contributed by atoms with van der Waals surface area (Å²) in [4.78, 5) is 23.7. The van der Waals surface area contributed by atoms with Gasteiger partial charge in [-0.15, -0.1) is 0 Å². The van der Waals surface area contributed by atoms with Crippen LogP contribution in [-0.4, -0.2) is 36.3 Å². The van der Waals surface area contributed by atoms with E-state index in [1.54, 1.807) is 12.1 Å². The number of carboxylic acid groups (broad SMARTS) is 1. The molecule has 2 N–H and O–H groups in total. The average molecular weight is 442 g/mol. The Kier molecular flexibility index (Phi) is 6.44. The summed E-state index contributed by atoms with van der Waals surface area (Å²) in [5, 5.41) is 12.0. The van der Waals surface area contributed by atoms with Gasteiger partial charge in [-0.3, -0.25) is 4.79 Å². The molecular weight excluding hydrogens is 425 g/mol. The summed E-state index contributed by atoms with van der Waals surface area (Å²) in [6.45, 7) is 0. The highest BCUT2D eigenvalue weighted by Gasteiger charge is 2.26. The molecule has 0 unspecified atom stereocenters. The molecule has 2 aromatic carbocycles. The molecule has 0 bridgehead atoms. The smallest absolute Gasteiger partial charge is 0.332 e. The highest BCUT2D eigenvalue weighted by atomic mass is 79.9. The van der Waals surface area contributed by atoms with Gasteiger partial charge in [0.1, 0.15) is 7.85 Å². The zero-order valence-corrected chi connectivity index (χ0v) is 16.9. The number of carboxylic acids is 1. The van der Waals surface area contributed by atoms with Crippen molar-refractivity contribution in [3.8, 4) is 0 Å². The van der Waals surface area contributed by atoms with E-state index in [0.29, 0.717) is 28.2 Å². The summed E-state index contributed by atoms with van der Waals surface area (Å²) >= 11 is 4.96. The first kappa shape index (κ1) is 19.8. The third-order valence-corrected chi connectivity index (χ3v) is 6.08. The predicted octanol–water partition coefficient (Wildman–Crippen LogP) is 3.09. The Morgan fingerprint density at radius 3 is 2.48 bits per heavy atom. The molecule has 27 heavy (non-hydrogen) atoms. The first-order valence-corrected chi connectivity index (χ1v) is 10.4.